The molecule has 0 aliphatic carbocycles. The first-order valence-corrected chi connectivity index (χ1v) is 7.33. The van der Waals surface area contributed by atoms with Crippen molar-refractivity contribution in [1.29, 1.82) is 0 Å². The summed E-state index contributed by atoms with van der Waals surface area (Å²) in [4.78, 5) is 3.47. The number of benzene rings is 3. The Morgan fingerprint density at radius 1 is 0.818 bits per heavy atom. The van der Waals surface area contributed by atoms with Crippen molar-refractivity contribution in [1.82, 2.24) is 4.98 Å². The molecule has 4 aromatic rings. The van der Waals surface area contributed by atoms with Crippen LogP contribution in [0.5, 0.6) is 5.75 Å². The number of fused-ring (bicyclic) bond motifs is 3. The number of aromatic nitrogens is 1. The van der Waals surface area contributed by atoms with Crippen molar-refractivity contribution in [3.8, 4) is 5.75 Å². The Labute approximate surface area is 128 Å². The summed E-state index contributed by atoms with van der Waals surface area (Å²) in [6, 6.07) is 21.9. The number of anilines is 1. The minimum Gasteiger partial charge on any atom is -0.508 e. The topological polar surface area (TPSA) is 48.0 Å². The summed E-state index contributed by atoms with van der Waals surface area (Å²) in [5, 5.41) is 15.7. The maximum absolute atomic E-state index is 9.87. The molecule has 0 saturated carbocycles. The molecule has 0 amide bonds. The molecule has 0 radical (unpaired) electrons. The molecule has 0 saturated heterocycles. The van der Waals surface area contributed by atoms with E-state index in [2.05, 4.69) is 46.7 Å². The van der Waals surface area contributed by atoms with Crippen molar-refractivity contribution in [3.05, 3.63) is 72.3 Å². The molecular weight excluding hydrogens is 272 g/mol. The molecule has 0 unspecified atom stereocenters. The van der Waals surface area contributed by atoms with Crippen LogP contribution in [0.2, 0.25) is 0 Å². The van der Waals surface area contributed by atoms with Gasteiger partial charge in [0.25, 0.3) is 0 Å². The third-order valence-electron chi connectivity index (χ3n) is 4.00. The van der Waals surface area contributed by atoms with Crippen LogP contribution in [-0.4, -0.2) is 10.1 Å². The Morgan fingerprint density at radius 3 is 2.50 bits per heavy atom. The molecule has 0 atom stereocenters. The molecule has 0 bridgehead atoms. The van der Waals surface area contributed by atoms with Crippen molar-refractivity contribution in [3.63, 3.8) is 0 Å². The molecular formula is C19H16N2O. The fraction of sp³-hybridized carbons (Fsp3) is 0.0526. The van der Waals surface area contributed by atoms with E-state index in [-0.39, 0.29) is 0 Å². The third-order valence-corrected chi connectivity index (χ3v) is 4.00. The van der Waals surface area contributed by atoms with Crippen molar-refractivity contribution >= 4 is 27.5 Å². The predicted octanol–water partition coefficient (Wildman–Crippen LogP) is 4.64. The lowest BCUT2D eigenvalue weighted by atomic mass is 10.1. The lowest BCUT2D eigenvalue weighted by Gasteiger charge is -2.09. The highest BCUT2D eigenvalue weighted by atomic mass is 16.3. The summed E-state index contributed by atoms with van der Waals surface area (Å²) < 4.78 is 0. The van der Waals surface area contributed by atoms with E-state index < -0.39 is 0 Å². The molecule has 1 aromatic heterocycles. The molecule has 0 aliphatic rings. The number of nitrogens with one attached hydrogen (secondary N) is 2. The van der Waals surface area contributed by atoms with Gasteiger partial charge in [-0.05, 0) is 18.2 Å². The van der Waals surface area contributed by atoms with Gasteiger partial charge in [0.1, 0.15) is 5.75 Å². The molecule has 0 fully saturated rings. The first kappa shape index (κ1) is 12.8. The lowest BCUT2D eigenvalue weighted by Crippen LogP contribution is -2.00. The molecule has 3 nitrogen and oxygen atoms in total. The second-order valence-corrected chi connectivity index (χ2v) is 5.38. The number of rotatable bonds is 3. The van der Waals surface area contributed by atoms with E-state index in [0.29, 0.717) is 12.3 Å². The Morgan fingerprint density at radius 2 is 1.59 bits per heavy atom. The summed E-state index contributed by atoms with van der Waals surface area (Å²) >= 11 is 0. The van der Waals surface area contributed by atoms with Gasteiger partial charge >= 0.3 is 0 Å². The number of phenolic OH excluding ortho intramolecular Hbond substituents is 1. The largest absolute Gasteiger partial charge is 0.508 e. The van der Waals surface area contributed by atoms with Gasteiger partial charge in [-0.1, -0.05) is 48.5 Å². The highest BCUT2D eigenvalue weighted by Gasteiger charge is 2.07. The van der Waals surface area contributed by atoms with Crippen LogP contribution in [0.1, 0.15) is 5.56 Å². The fourth-order valence-electron chi connectivity index (χ4n) is 2.87. The number of phenols is 1. The average molecular weight is 288 g/mol. The van der Waals surface area contributed by atoms with E-state index in [1.165, 1.54) is 10.8 Å². The van der Waals surface area contributed by atoms with Gasteiger partial charge in [0.2, 0.25) is 0 Å². The molecule has 3 N–H and O–H groups in total. The number of aromatic amines is 1. The number of hydrogen-bond acceptors (Lipinski definition) is 2. The van der Waals surface area contributed by atoms with Gasteiger partial charge in [0.05, 0.1) is 11.2 Å². The van der Waals surface area contributed by atoms with Crippen LogP contribution in [0, 0.1) is 0 Å². The molecule has 3 heteroatoms. The van der Waals surface area contributed by atoms with Crippen LogP contribution < -0.4 is 5.32 Å². The smallest absolute Gasteiger partial charge is 0.120 e. The zero-order valence-corrected chi connectivity index (χ0v) is 12.0. The van der Waals surface area contributed by atoms with Crippen LogP contribution in [0.4, 0.5) is 5.69 Å². The molecule has 1 heterocycles. The number of hydrogen-bond donors (Lipinski definition) is 3. The highest BCUT2D eigenvalue weighted by Crippen LogP contribution is 2.30. The van der Waals surface area contributed by atoms with E-state index in [4.69, 9.17) is 0 Å². The summed E-state index contributed by atoms with van der Waals surface area (Å²) in [5.74, 6) is 0.318. The highest BCUT2D eigenvalue weighted by molar-refractivity contribution is 6.11. The molecule has 4 rings (SSSR count). The lowest BCUT2D eigenvalue weighted by molar-refractivity contribution is 0.469. The van der Waals surface area contributed by atoms with Crippen molar-refractivity contribution in [2.24, 2.45) is 0 Å². The summed E-state index contributed by atoms with van der Waals surface area (Å²) in [5.41, 5.74) is 4.15. The van der Waals surface area contributed by atoms with Crippen molar-refractivity contribution < 1.29 is 5.11 Å². The summed E-state index contributed by atoms with van der Waals surface area (Å²) in [7, 11) is 0. The van der Waals surface area contributed by atoms with Gasteiger partial charge in [0, 0.05) is 28.4 Å². The Bertz CT molecular complexity index is 956. The van der Waals surface area contributed by atoms with Crippen LogP contribution in [0.25, 0.3) is 21.8 Å². The Hall–Kier alpha value is -2.94. The maximum Gasteiger partial charge on any atom is 0.120 e. The van der Waals surface area contributed by atoms with Gasteiger partial charge in [-0.2, -0.15) is 0 Å². The van der Waals surface area contributed by atoms with Gasteiger partial charge in [-0.15, -0.1) is 0 Å². The zero-order chi connectivity index (χ0) is 14.9. The first-order valence-electron chi connectivity index (χ1n) is 7.33. The average Bonchev–Trinajstić information content (AvgIpc) is 2.93. The van der Waals surface area contributed by atoms with E-state index in [1.807, 2.05) is 24.3 Å². The third kappa shape index (κ3) is 2.07. The molecule has 3 aromatic carbocycles. The van der Waals surface area contributed by atoms with Crippen LogP contribution in [0.3, 0.4) is 0 Å². The Balaban J connectivity index is 1.74. The Kier molecular flexibility index (Phi) is 2.97. The zero-order valence-electron chi connectivity index (χ0n) is 12.0. The van der Waals surface area contributed by atoms with Crippen LogP contribution >= 0.6 is 0 Å². The normalized spacial score (nSPS) is 11.1. The summed E-state index contributed by atoms with van der Waals surface area (Å²) in [6.45, 7) is 0.584. The van der Waals surface area contributed by atoms with Gasteiger partial charge in [-0.25, -0.2) is 0 Å². The first-order chi connectivity index (χ1) is 10.8. The number of aromatic hydroxyl groups is 1. The molecule has 108 valence electrons. The van der Waals surface area contributed by atoms with Gasteiger partial charge < -0.3 is 15.4 Å². The molecule has 0 aliphatic heterocycles. The van der Waals surface area contributed by atoms with Crippen LogP contribution in [-0.2, 0) is 6.54 Å². The van der Waals surface area contributed by atoms with Crippen molar-refractivity contribution in [2.45, 2.75) is 6.54 Å². The SMILES string of the molecule is Oc1ccccc1CNc1cccc2c1[nH]c1ccccc12. The standard InChI is InChI=1S/C19H16N2O/c22-18-11-4-1-6-13(18)12-20-17-10-5-8-15-14-7-2-3-9-16(14)21-19(15)17/h1-11,20-22H,12H2. The van der Waals surface area contributed by atoms with Crippen molar-refractivity contribution in [2.75, 3.05) is 5.32 Å². The molecule has 22 heavy (non-hydrogen) atoms. The predicted molar refractivity (Wildman–Crippen MR) is 91.2 cm³/mol. The van der Waals surface area contributed by atoms with Crippen LogP contribution in [0.15, 0.2) is 66.7 Å². The number of H-pyrrole nitrogens is 1. The van der Waals surface area contributed by atoms with E-state index >= 15 is 0 Å². The van der Waals surface area contributed by atoms with E-state index in [9.17, 15) is 5.11 Å². The van der Waals surface area contributed by atoms with Gasteiger partial charge in [0.15, 0.2) is 0 Å². The summed E-state index contributed by atoms with van der Waals surface area (Å²) in [6.07, 6.45) is 0. The maximum atomic E-state index is 9.87. The minimum atomic E-state index is 0.318. The fourth-order valence-corrected chi connectivity index (χ4v) is 2.87. The molecule has 0 spiro atoms. The second-order valence-electron chi connectivity index (χ2n) is 5.38. The quantitative estimate of drug-likeness (QED) is 0.514. The minimum absolute atomic E-state index is 0.318. The van der Waals surface area contributed by atoms with E-state index in [0.717, 1.165) is 22.3 Å². The van der Waals surface area contributed by atoms with Gasteiger partial charge in [-0.3, -0.25) is 0 Å². The number of para-hydroxylation sites is 3. The van der Waals surface area contributed by atoms with E-state index in [1.54, 1.807) is 6.07 Å². The monoisotopic (exact) mass is 288 g/mol. The second kappa shape index (κ2) is 5.11.